The van der Waals surface area contributed by atoms with E-state index in [9.17, 15) is 9.18 Å². The molecule has 2 aliphatic rings. The lowest BCUT2D eigenvalue weighted by Crippen LogP contribution is -2.26. The average molecular weight is 413 g/mol. The topological polar surface area (TPSA) is 41.1 Å². The molecule has 0 saturated heterocycles. The van der Waals surface area contributed by atoms with Gasteiger partial charge in [0.05, 0.1) is 17.4 Å². The number of para-hydroxylation sites is 2. The molecule has 0 radical (unpaired) electrons. The van der Waals surface area contributed by atoms with E-state index in [0.717, 1.165) is 40.2 Å². The smallest absolute Gasteiger partial charge is 0.163 e. The van der Waals surface area contributed by atoms with E-state index in [4.69, 9.17) is 0 Å². The van der Waals surface area contributed by atoms with E-state index in [1.807, 2.05) is 24.3 Å². The number of fused-ring (bicyclic) bond motifs is 1. The van der Waals surface area contributed by atoms with Crippen LogP contribution in [0.15, 0.2) is 84.1 Å². The van der Waals surface area contributed by atoms with Crippen LogP contribution >= 0.6 is 0 Å². The molecule has 5 rings (SSSR count). The summed E-state index contributed by atoms with van der Waals surface area (Å²) in [7, 11) is 0. The van der Waals surface area contributed by atoms with Crippen LogP contribution in [0.4, 0.5) is 15.8 Å². The third-order valence-electron chi connectivity index (χ3n) is 6.37. The molecule has 1 aliphatic heterocycles. The minimum absolute atomic E-state index is 0.0349. The molecule has 0 saturated carbocycles. The second-order valence-electron chi connectivity index (χ2n) is 8.32. The van der Waals surface area contributed by atoms with E-state index in [1.165, 1.54) is 17.7 Å². The molecule has 2 N–H and O–H groups in total. The number of hydrogen-bond acceptors (Lipinski definition) is 3. The van der Waals surface area contributed by atoms with Crippen molar-refractivity contribution in [2.45, 2.75) is 38.1 Å². The molecule has 0 bridgehead atoms. The standard InChI is InChI=1S/C27H25FN2O/c1-2-17-7-9-19(10-8-17)27-26-24(29-22-5-3-4-6-23(22)30-27)15-20(16-25(26)31)18-11-13-21(28)14-12-18/h3-14,20,27,29-30H,2,15-16H2,1H3. The van der Waals surface area contributed by atoms with Crippen molar-refractivity contribution >= 4 is 17.2 Å². The second-order valence-corrected chi connectivity index (χ2v) is 8.32. The quantitative estimate of drug-likeness (QED) is 0.525. The first kappa shape index (κ1) is 19.6. The SMILES string of the molecule is CCc1ccc(C2Nc3ccccc3NC3=C2C(=O)CC(c2ccc(F)cc2)C3)cc1. The summed E-state index contributed by atoms with van der Waals surface area (Å²) in [6, 6.07) is 22.9. The van der Waals surface area contributed by atoms with Crippen LogP contribution in [0.5, 0.6) is 0 Å². The lowest BCUT2D eigenvalue weighted by Gasteiger charge is -2.30. The average Bonchev–Trinajstić information content (AvgIpc) is 2.96. The van der Waals surface area contributed by atoms with Crippen LogP contribution < -0.4 is 10.6 Å². The molecule has 2 atom stereocenters. The van der Waals surface area contributed by atoms with E-state index in [2.05, 4.69) is 41.8 Å². The molecule has 3 nitrogen and oxygen atoms in total. The Morgan fingerprint density at radius 3 is 2.26 bits per heavy atom. The monoisotopic (exact) mass is 412 g/mol. The summed E-state index contributed by atoms with van der Waals surface area (Å²) >= 11 is 0. The van der Waals surface area contributed by atoms with Gasteiger partial charge in [0.1, 0.15) is 5.82 Å². The van der Waals surface area contributed by atoms with E-state index in [1.54, 1.807) is 12.1 Å². The van der Waals surface area contributed by atoms with Crippen molar-refractivity contribution in [3.63, 3.8) is 0 Å². The van der Waals surface area contributed by atoms with E-state index in [0.29, 0.717) is 12.8 Å². The summed E-state index contributed by atoms with van der Waals surface area (Å²) in [6.45, 7) is 2.14. The Balaban J connectivity index is 1.58. The van der Waals surface area contributed by atoms with Gasteiger partial charge in [0.25, 0.3) is 0 Å². The van der Waals surface area contributed by atoms with Crippen molar-refractivity contribution in [3.8, 4) is 0 Å². The van der Waals surface area contributed by atoms with Gasteiger partial charge in [-0.25, -0.2) is 4.39 Å². The van der Waals surface area contributed by atoms with Crippen LogP contribution in [0.25, 0.3) is 0 Å². The van der Waals surface area contributed by atoms with Gasteiger partial charge in [0.2, 0.25) is 0 Å². The maximum atomic E-state index is 13.5. The molecule has 0 amide bonds. The Morgan fingerprint density at radius 1 is 0.871 bits per heavy atom. The molecule has 156 valence electrons. The lowest BCUT2D eigenvalue weighted by atomic mass is 9.78. The van der Waals surface area contributed by atoms with Crippen molar-refractivity contribution < 1.29 is 9.18 Å². The number of rotatable bonds is 3. The van der Waals surface area contributed by atoms with Crippen LogP contribution in [0.2, 0.25) is 0 Å². The van der Waals surface area contributed by atoms with Crippen LogP contribution in [-0.2, 0) is 11.2 Å². The number of anilines is 2. The van der Waals surface area contributed by atoms with Crippen LogP contribution in [0.1, 0.15) is 48.4 Å². The maximum Gasteiger partial charge on any atom is 0.163 e. The molecule has 31 heavy (non-hydrogen) atoms. The summed E-state index contributed by atoms with van der Waals surface area (Å²) in [5.41, 5.74) is 7.06. The number of carbonyl (C=O) groups is 1. The molecule has 4 heteroatoms. The third kappa shape index (κ3) is 3.74. The Bertz CT molecular complexity index is 1150. The molecular formula is C27H25FN2O. The number of nitrogens with one attached hydrogen (secondary N) is 2. The van der Waals surface area contributed by atoms with Crippen molar-refractivity contribution in [2.24, 2.45) is 0 Å². The van der Waals surface area contributed by atoms with E-state index in [-0.39, 0.29) is 23.6 Å². The molecule has 0 spiro atoms. The molecule has 3 aromatic carbocycles. The zero-order valence-corrected chi connectivity index (χ0v) is 17.5. The highest BCUT2D eigenvalue weighted by molar-refractivity contribution is 6.01. The number of Topliss-reactive ketones (excluding diaryl/α,β-unsaturated/α-hetero) is 1. The number of carbonyl (C=O) groups excluding carboxylic acids is 1. The zero-order valence-electron chi connectivity index (χ0n) is 17.5. The highest BCUT2D eigenvalue weighted by Crippen LogP contribution is 2.44. The minimum atomic E-state index is -0.257. The summed E-state index contributed by atoms with van der Waals surface area (Å²) < 4.78 is 13.4. The number of benzene rings is 3. The second kappa shape index (κ2) is 8.03. The summed E-state index contributed by atoms with van der Waals surface area (Å²) in [4.78, 5) is 13.5. The fourth-order valence-corrected chi connectivity index (χ4v) is 4.66. The number of allylic oxidation sites excluding steroid dienone is 1. The van der Waals surface area contributed by atoms with Crippen molar-refractivity contribution in [3.05, 3.63) is 107 Å². The van der Waals surface area contributed by atoms with Crippen LogP contribution in [-0.4, -0.2) is 5.78 Å². The lowest BCUT2D eigenvalue weighted by molar-refractivity contribution is -0.116. The highest BCUT2D eigenvalue weighted by atomic mass is 19.1. The molecule has 2 unspecified atom stereocenters. The van der Waals surface area contributed by atoms with Gasteiger partial charge in [0, 0.05) is 17.7 Å². The van der Waals surface area contributed by atoms with Gasteiger partial charge in [-0.2, -0.15) is 0 Å². The first-order valence-electron chi connectivity index (χ1n) is 10.9. The number of halogens is 1. The molecule has 1 heterocycles. The number of ketones is 1. The molecule has 3 aromatic rings. The minimum Gasteiger partial charge on any atom is -0.372 e. The largest absolute Gasteiger partial charge is 0.372 e. The van der Waals surface area contributed by atoms with Crippen LogP contribution in [0.3, 0.4) is 0 Å². The van der Waals surface area contributed by atoms with Gasteiger partial charge in [0.15, 0.2) is 5.78 Å². The van der Waals surface area contributed by atoms with Gasteiger partial charge in [-0.1, -0.05) is 55.5 Å². The van der Waals surface area contributed by atoms with Gasteiger partial charge < -0.3 is 10.6 Å². The normalized spacial score (nSPS) is 20.3. The Morgan fingerprint density at radius 2 is 1.55 bits per heavy atom. The Labute approximate surface area is 182 Å². The fraction of sp³-hybridized carbons (Fsp3) is 0.222. The summed E-state index contributed by atoms with van der Waals surface area (Å²) in [5.74, 6) is -0.0900. The van der Waals surface area contributed by atoms with Gasteiger partial charge in [-0.3, -0.25) is 4.79 Å². The van der Waals surface area contributed by atoms with Gasteiger partial charge in [-0.05, 0) is 59.7 Å². The molecule has 0 aromatic heterocycles. The van der Waals surface area contributed by atoms with Crippen molar-refractivity contribution in [2.75, 3.05) is 10.6 Å². The van der Waals surface area contributed by atoms with Crippen molar-refractivity contribution in [1.82, 2.24) is 0 Å². The van der Waals surface area contributed by atoms with Gasteiger partial charge in [-0.15, -0.1) is 0 Å². The Kier molecular flexibility index (Phi) is 5.06. The first-order chi connectivity index (χ1) is 15.1. The van der Waals surface area contributed by atoms with Crippen molar-refractivity contribution in [1.29, 1.82) is 0 Å². The summed E-state index contributed by atoms with van der Waals surface area (Å²) in [5, 5.41) is 7.16. The predicted molar refractivity (Wildman–Crippen MR) is 123 cm³/mol. The van der Waals surface area contributed by atoms with E-state index < -0.39 is 0 Å². The summed E-state index contributed by atoms with van der Waals surface area (Å²) in [6.07, 6.45) is 2.12. The van der Waals surface area contributed by atoms with Crippen LogP contribution in [0, 0.1) is 5.82 Å². The maximum absolute atomic E-state index is 13.5. The Hall–Kier alpha value is -3.40. The predicted octanol–water partition coefficient (Wildman–Crippen LogP) is 6.37. The number of hydrogen-bond donors (Lipinski definition) is 2. The highest BCUT2D eigenvalue weighted by Gasteiger charge is 2.36. The molecular weight excluding hydrogens is 387 g/mol. The van der Waals surface area contributed by atoms with E-state index >= 15 is 0 Å². The molecule has 1 aliphatic carbocycles. The van der Waals surface area contributed by atoms with Gasteiger partial charge >= 0.3 is 0 Å². The number of aryl methyl sites for hydroxylation is 1. The fourth-order valence-electron chi connectivity index (χ4n) is 4.66. The zero-order chi connectivity index (χ0) is 21.4. The first-order valence-corrected chi connectivity index (χ1v) is 10.9. The third-order valence-corrected chi connectivity index (χ3v) is 6.37. The molecule has 0 fully saturated rings.